The number of hydrogen-bond acceptors (Lipinski definition) is 0. The molecule has 2 radical (unpaired) electrons. The van der Waals surface area contributed by atoms with E-state index in [9.17, 15) is 0 Å². The molecular weight excluding hydrogens is 227 g/mol. The largest absolute Gasteiger partial charge is 0.0797 e. The van der Waals surface area contributed by atoms with Gasteiger partial charge in [0.2, 0.25) is 0 Å². The van der Waals surface area contributed by atoms with Gasteiger partial charge in [-0.2, -0.15) is 0 Å². The van der Waals surface area contributed by atoms with Crippen LogP contribution in [0, 0.1) is 16.2 Å². The van der Waals surface area contributed by atoms with Gasteiger partial charge in [-0.25, -0.2) is 0 Å². The lowest BCUT2D eigenvalue weighted by molar-refractivity contribution is 0.166. The first-order valence-corrected chi connectivity index (χ1v) is 8.15. The second-order valence-electron chi connectivity index (χ2n) is 9.07. The van der Waals surface area contributed by atoms with E-state index in [0.29, 0.717) is 22.1 Å². The van der Waals surface area contributed by atoms with Crippen LogP contribution in [0.3, 0.4) is 0 Å². The van der Waals surface area contributed by atoms with Crippen LogP contribution in [-0.4, -0.2) is 7.85 Å². The normalized spacial score (nSPS) is 18.1. The van der Waals surface area contributed by atoms with Gasteiger partial charge in [0.1, 0.15) is 0 Å². The van der Waals surface area contributed by atoms with Crippen LogP contribution in [0.4, 0.5) is 0 Å². The van der Waals surface area contributed by atoms with Crippen molar-refractivity contribution in [1.29, 1.82) is 0 Å². The minimum absolute atomic E-state index is 0.315. The van der Waals surface area contributed by atoms with E-state index in [1.54, 1.807) is 0 Å². The van der Waals surface area contributed by atoms with Crippen LogP contribution in [-0.2, 0) is 0 Å². The minimum Gasteiger partial charge on any atom is -0.0797 e. The maximum atomic E-state index is 6.09. The van der Waals surface area contributed by atoms with Gasteiger partial charge < -0.3 is 0 Å². The van der Waals surface area contributed by atoms with Crippen molar-refractivity contribution in [1.82, 2.24) is 0 Å². The Morgan fingerprint density at radius 3 is 1.68 bits per heavy atom. The summed E-state index contributed by atoms with van der Waals surface area (Å²) in [5.74, 6) is 0.315. The highest BCUT2D eigenvalue weighted by Crippen LogP contribution is 2.43. The quantitative estimate of drug-likeness (QED) is 0.445. The van der Waals surface area contributed by atoms with E-state index in [1.807, 2.05) is 0 Å². The molecule has 0 saturated heterocycles. The fraction of sp³-hybridized carbons (Fsp3) is 1.00. The van der Waals surface area contributed by atoms with E-state index >= 15 is 0 Å². The van der Waals surface area contributed by atoms with Crippen LogP contribution in [0.1, 0.15) is 93.9 Å². The number of hydrogen-bond donors (Lipinski definition) is 0. The van der Waals surface area contributed by atoms with Crippen LogP contribution in [0.25, 0.3) is 0 Å². The third kappa shape index (κ3) is 9.58. The highest BCUT2D eigenvalue weighted by molar-refractivity contribution is 6.11. The molecule has 2 unspecified atom stereocenters. The van der Waals surface area contributed by atoms with Crippen molar-refractivity contribution >= 4 is 7.85 Å². The van der Waals surface area contributed by atoms with Crippen LogP contribution >= 0.6 is 0 Å². The Labute approximate surface area is 124 Å². The van der Waals surface area contributed by atoms with E-state index in [0.717, 1.165) is 6.42 Å². The zero-order valence-electron chi connectivity index (χ0n) is 14.9. The van der Waals surface area contributed by atoms with Crippen LogP contribution in [0.2, 0.25) is 5.82 Å². The summed E-state index contributed by atoms with van der Waals surface area (Å²) in [6, 6.07) is 0. The fourth-order valence-electron chi connectivity index (χ4n) is 2.60. The molecule has 0 saturated carbocycles. The Morgan fingerprint density at radius 2 is 1.32 bits per heavy atom. The van der Waals surface area contributed by atoms with E-state index in [1.165, 1.54) is 32.1 Å². The van der Waals surface area contributed by atoms with Crippen LogP contribution < -0.4 is 0 Å². The Bertz CT molecular complexity index is 247. The van der Waals surface area contributed by atoms with Crippen LogP contribution in [0.5, 0.6) is 0 Å². The second-order valence-corrected chi connectivity index (χ2v) is 9.07. The molecule has 0 N–H and O–H groups in total. The van der Waals surface area contributed by atoms with E-state index in [-0.39, 0.29) is 0 Å². The predicted molar refractivity (Wildman–Crippen MR) is 89.9 cm³/mol. The third-order valence-electron chi connectivity index (χ3n) is 4.66. The monoisotopic (exact) mass is 264 g/mol. The van der Waals surface area contributed by atoms with Crippen molar-refractivity contribution in [3.05, 3.63) is 0 Å². The van der Waals surface area contributed by atoms with Crippen molar-refractivity contribution in [2.75, 3.05) is 0 Å². The summed E-state index contributed by atoms with van der Waals surface area (Å²) in [4.78, 5) is 0. The molecule has 2 atom stereocenters. The molecule has 1 heteroatoms. The molecular formula is C18H37B. The maximum absolute atomic E-state index is 6.09. The minimum atomic E-state index is 0.315. The topological polar surface area (TPSA) is 0 Å². The number of rotatable bonds is 8. The summed E-state index contributed by atoms with van der Waals surface area (Å²) in [6.45, 7) is 18.7. The highest BCUT2D eigenvalue weighted by atomic mass is 14.3. The molecule has 0 heterocycles. The standard InChI is InChI=1S/C18H37B/c1-9-17(6,7)11-13-18(8,14-15(2)19)12-10-16(3,4)5/h15H,9-14H2,1-8H3. The molecule has 0 amide bonds. The molecule has 0 bridgehead atoms. The first kappa shape index (κ1) is 19.1. The molecule has 19 heavy (non-hydrogen) atoms. The third-order valence-corrected chi connectivity index (χ3v) is 4.66. The summed E-state index contributed by atoms with van der Waals surface area (Å²) in [5.41, 5.74) is 1.31. The smallest absolute Gasteiger partial charge is 0.0696 e. The predicted octanol–water partition coefficient (Wildman–Crippen LogP) is 6.40. The fourth-order valence-corrected chi connectivity index (χ4v) is 2.60. The van der Waals surface area contributed by atoms with Crippen molar-refractivity contribution in [3.8, 4) is 0 Å². The molecule has 0 aromatic heterocycles. The molecule has 0 aromatic rings. The lowest BCUT2D eigenvalue weighted by atomic mass is 9.66. The van der Waals surface area contributed by atoms with Gasteiger partial charge in [0, 0.05) is 0 Å². The molecule has 112 valence electrons. The SMILES string of the molecule is [B]C(C)CC(C)(CCC(C)(C)C)CCC(C)(C)CC. The summed E-state index contributed by atoms with van der Waals surface area (Å²) in [7, 11) is 6.09. The average molecular weight is 264 g/mol. The Hall–Kier alpha value is 0.0649. The zero-order valence-corrected chi connectivity index (χ0v) is 14.9. The maximum Gasteiger partial charge on any atom is 0.0696 e. The van der Waals surface area contributed by atoms with Gasteiger partial charge >= 0.3 is 0 Å². The van der Waals surface area contributed by atoms with Gasteiger partial charge in [-0.15, -0.1) is 0 Å². The molecule has 0 rings (SSSR count). The molecule has 0 fully saturated rings. The van der Waals surface area contributed by atoms with Gasteiger partial charge in [-0.05, 0) is 41.9 Å². The summed E-state index contributed by atoms with van der Waals surface area (Å²) in [5, 5.41) is 0. The molecule has 0 nitrogen and oxygen atoms in total. The summed E-state index contributed by atoms with van der Waals surface area (Å²) >= 11 is 0. The summed E-state index contributed by atoms with van der Waals surface area (Å²) in [6.07, 6.45) is 7.65. The molecule has 0 aliphatic rings. The average Bonchev–Trinajstić information content (AvgIpc) is 2.23. The lowest BCUT2D eigenvalue weighted by Gasteiger charge is -2.37. The van der Waals surface area contributed by atoms with E-state index in [4.69, 9.17) is 7.85 Å². The first-order valence-electron chi connectivity index (χ1n) is 8.15. The summed E-state index contributed by atoms with van der Waals surface area (Å²) < 4.78 is 0. The molecule has 0 aromatic carbocycles. The van der Waals surface area contributed by atoms with Crippen molar-refractivity contribution in [3.63, 3.8) is 0 Å². The second kappa shape index (κ2) is 7.18. The lowest BCUT2D eigenvalue weighted by Crippen LogP contribution is -2.24. The highest BCUT2D eigenvalue weighted by Gasteiger charge is 2.29. The van der Waals surface area contributed by atoms with E-state index in [2.05, 4.69) is 55.4 Å². The van der Waals surface area contributed by atoms with Crippen molar-refractivity contribution in [2.45, 2.75) is 99.7 Å². The zero-order chi connectivity index (χ0) is 15.3. The Kier molecular flexibility index (Phi) is 7.21. The van der Waals surface area contributed by atoms with Gasteiger partial charge in [-0.3, -0.25) is 0 Å². The molecule has 0 aliphatic heterocycles. The molecule has 0 aliphatic carbocycles. The first-order chi connectivity index (χ1) is 8.39. The van der Waals surface area contributed by atoms with Gasteiger partial charge in [0.05, 0.1) is 7.85 Å². The van der Waals surface area contributed by atoms with Crippen LogP contribution in [0.15, 0.2) is 0 Å². The van der Waals surface area contributed by atoms with E-state index < -0.39 is 0 Å². The van der Waals surface area contributed by atoms with Gasteiger partial charge in [0.15, 0.2) is 0 Å². The van der Waals surface area contributed by atoms with Gasteiger partial charge in [0.25, 0.3) is 0 Å². The Balaban J connectivity index is 4.59. The Morgan fingerprint density at radius 1 is 0.842 bits per heavy atom. The van der Waals surface area contributed by atoms with Gasteiger partial charge in [-0.1, -0.05) is 74.0 Å². The molecule has 0 spiro atoms. The van der Waals surface area contributed by atoms with Crippen molar-refractivity contribution in [2.24, 2.45) is 16.2 Å². The van der Waals surface area contributed by atoms with Crippen molar-refractivity contribution < 1.29 is 0 Å².